The molecule has 1 aromatic carbocycles. The summed E-state index contributed by atoms with van der Waals surface area (Å²) < 4.78 is 56.1. The summed E-state index contributed by atoms with van der Waals surface area (Å²) in [6, 6.07) is 3.06. The summed E-state index contributed by atoms with van der Waals surface area (Å²) in [4.78, 5) is 0. The number of ether oxygens (including phenoxy) is 1. The Kier molecular flexibility index (Phi) is 3.82. The molecule has 0 amide bonds. The number of rotatable bonds is 3. The Morgan fingerprint density at radius 3 is 2.68 bits per heavy atom. The highest BCUT2D eigenvalue weighted by Crippen LogP contribution is 2.32. The molecule has 19 heavy (non-hydrogen) atoms. The largest absolute Gasteiger partial charge is 0.419 e. The first-order chi connectivity index (χ1) is 8.80. The topological polar surface area (TPSA) is 21.3 Å². The number of halogens is 4. The minimum absolute atomic E-state index is 0.229. The number of hydrogen-bond acceptors (Lipinski definition) is 2. The van der Waals surface area contributed by atoms with E-state index in [1.54, 1.807) is 0 Å². The predicted octanol–water partition coefficient (Wildman–Crippen LogP) is 3.11. The average Bonchev–Trinajstić information content (AvgIpc) is 2.74. The van der Waals surface area contributed by atoms with Gasteiger partial charge in [-0.2, -0.15) is 13.2 Å². The molecule has 6 heteroatoms. The molecule has 0 spiro atoms. The second-order valence-corrected chi connectivity index (χ2v) is 5.03. The maximum atomic E-state index is 13.1. The Morgan fingerprint density at radius 2 is 2.11 bits per heavy atom. The molecule has 2 rings (SSSR count). The Balaban J connectivity index is 2.09. The molecule has 1 aliphatic rings. The first-order valence-electron chi connectivity index (χ1n) is 5.99. The summed E-state index contributed by atoms with van der Waals surface area (Å²) in [7, 11) is 0. The number of alkyl halides is 3. The van der Waals surface area contributed by atoms with Crippen molar-refractivity contribution in [1.29, 1.82) is 0 Å². The molecule has 0 radical (unpaired) electrons. The molecule has 1 heterocycles. The van der Waals surface area contributed by atoms with Crippen LogP contribution in [0.3, 0.4) is 0 Å². The van der Waals surface area contributed by atoms with E-state index < -0.39 is 17.6 Å². The molecule has 2 nitrogen and oxygen atoms in total. The van der Waals surface area contributed by atoms with Gasteiger partial charge >= 0.3 is 6.18 Å². The summed E-state index contributed by atoms with van der Waals surface area (Å²) in [5.41, 5.74) is -1.05. The molecule has 0 bridgehead atoms. The van der Waals surface area contributed by atoms with Crippen LogP contribution in [0, 0.1) is 5.82 Å². The normalized spacial score (nSPS) is 23.8. The van der Waals surface area contributed by atoms with E-state index in [4.69, 9.17) is 4.74 Å². The lowest BCUT2D eigenvalue weighted by atomic mass is 10.0. The van der Waals surface area contributed by atoms with Gasteiger partial charge in [0.25, 0.3) is 0 Å². The number of benzene rings is 1. The second-order valence-electron chi connectivity index (χ2n) is 5.03. The fraction of sp³-hybridized carbons (Fsp3) is 0.538. The molecule has 1 N–H and O–H groups in total. The van der Waals surface area contributed by atoms with Crippen LogP contribution in [0.25, 0.3) is 0 Å². The van der Waals surface area contributed by atoms with Crippen molar-refractivity contribution in [2.75, 3.05) is 13.2 Å². The minimum Gasteiger partial charge on any atom is -0.379 e. The monoisotopic (exact) mass is 277 g/mol. The van der Waals surface area contributed by atoms with Crippen LogP contribution in [-0.2, 0) is 17.5 Å². The van der Waals surface area contributed by atoms with E-state index in [9.17, 15) is 17.6 Å². The molecule has 1 unspecified atom stereocenters. The smallest absolute Gasteiger partial charge is 0.379 e. The molecule has 0 aromatic heterocycles. The Hall–Kier alpha value is -1.14. The Labute approximate surface area is 108 Å². The van der Waals surface area contributed by atoms with Gasteiger partial charge < -0.3 is 10.1 Å². The summed E-state index contributed by atoms with van der Waals surface area (Å²) in [6.45, 7) is 3.37. The molecule has 106 valence electrons. The summed E-state index contributed by atoms with van der Waals surface area (Å²) in [6.07, 6.45) is -3.86. The molecule has 1 saturated heterocycles. The van der Waals surface area contributed by atoms with Gasteiger partial charge in [0.15, 0.2) is 0 Å². The number of hydrogen-bond donors (Lipinski definition) is 1. The van der Waals surface area contributed by atoms with Crippen molar-refractivity contribution < 1.29 is 22.3 Å². The van der Waals surface area contributed by atoms with E-state index in [0.717, 1.165) is 18.6 Å². The molecular weight excluding hydrogens is 262 g/mol. The Bertz CT molecular complexity index is 452. The van der Waals surface area contributed by atoms with Crippen molar-refractivity contribution in [1.82, 2.24) is 5.32 Å². The zero-order valence-electron chi connectivity index (χ0n) is 10.5. The van der Waals surface area contributed by atoms with Crippen LogP contribution >= 0.6 is 0 Å². The van der Waals surface area contributed by atoms with E-state index in [2.05, 4.69) is 5.32 Å². The summed E-state index contributed by atoms with van der Waals surface area (Å²) >= 11 is 0. The predicted molar refractivity (Wildman–Crippen MR) is 62.1 cm³/mol. The molecular formula is C13H15F4NO. The third-order valence-corrected chi connectivity index (χ3v) is 3.27. The molecule has 1 fully saturated rings. The van der Waals surface area contributed by atoms with Gasteiger partial charge in [0.1, 0.15) is 5.82 Å². The lowest BCUT2D eigenvalue weighted by Gasteiger charge is -2.23. The van der Waals surface area contributed by atoms with Gasteiger partial charge in [0.2, 0.25) is 0 Å². The van der Waals surface area contributed by atoms with Crippen molar-refractivity contribution in [3.05, 3.63) is 35.1 Å². The average molecular weight is 277 g/mol. The maximum Gasteiger partial charge on any atom is 0.419 e. The highest BCUT2D eigenvalue weighted by Gasteiger charge is 2.34. The van der Waals surface area contributed by atoms with Gasteiger partial charge in [0.05, 0.1) is 12.2 Å². The molecule has 1 aromatic rings. The van der Waals surface area contributed by atoms with Crippen molar-refractivity contribution in [2.45, 2.75) is 31.6 Å². The van der Waals surface area contributed by atoms with Crippen LogP contribution in [0.15, 0.2) is 18.2 Å². The van der Waals surface area contributed by atoms with Crippen molar-refractivity contribution in [2.24, 2.45) is 0 Å². The molecule has 0 saturated carbocycles. The van der Waals surface area contributed by atoms with Crippen LogP contribution in [0.4, 0.5) is 17.6 Å². The molecule has 0 aliphatic carbocycles. The molecule has 1 aliphatic heterocycles. The van der Waals surface area contributed by atoms with E-state index >= 15 is 0 Å². The van der Waals surface area contributed by atoms with Gasteiger partial charge in [-0.25, -0.2) is 4.39 Å². The van der Waals surface area contributed by atoms with Crippen LogP contribution < -0.4 is 5.32 Å². The third kappa shape index (κ3) is 3.45. The van der Waals surface area contributed by atoms with Gasteiger partial charge in [-0.15, -0.1) is 0 Å². The highest BCUT2D eigenvalue weighted by molar-refractivity contribution is 5.27. The second kappa shape index (κ2) is 5.09. The fourth-order valence-corrected chi connectivity index (χ4v) is 2.02. The fourth-order valence-electron chi connectivity index (χ4n) is 2.02. The van der Waals surface area contributed by atoms with Gasteiger partial charge in [-0.1, -0.05) is 6.07 Å². The van der Waals surface area contributed by atoms with Gasteiger partial charge in [0, 0.05) is 18.7 Å². The quantitative estimate of drug-likeness (QED) is 0.857. The standard InChI is InChI=1S/C13H15F4NO/c1-12(4-5-19-8-12)18-7-9-2-3-11(14)10(6-9)13(15,16)17/h2-3,6,18H,4-5,7-8H2,1H3. The number of nitrogens with one attached hydrogen (secondary N) is 1. The van der Waals surface area contributed by atoms with Crippen LogP contribution in [-0.4, -0.2) is 18.8 Å². The van der Waals surface area contributed by atoms with Crippen molar-refractivity contribution >= 4 is 0 Å². The van der Waals surface area contributed by atoms with E-state index in [-0.39, 0.29) is 12.1 Å². The van der Waals surface area contributed by atoms with Crippen LogP contribution in [0.5, 0.6) is 0 Å². The SMILES string of the molecule is CC1(NCc2ccc(F)c(C(F)(F)F)c2)CCOC1. The van der Waals surface area contributed by atoms with E-state index in [1.807, 2.05) is 6.92 Å². The lowest BCUT2D eigenvalue weighted by molar-refractivity contribution is -0.140. The van der Waals surface area contributed by atoms with Crippen LogP contribution in [0.2, 0.25) is 0 Å². The lowest BCUT2D eigenvalue weighted by Crippen LogP contribution is -2.42. The van der Waals surface area contributed by atoms with Crippen molar-refractivity contribution in [3.63, 3.8) is 0 Å². The van der Waals surface area contributed by atoms with Gasteiger partial charge in [-0.05, 0) is 31.0 Å². The zero-order valence-corrected chi connectivity index (χ0v) is 10.5. The minimum atomic E-state index is -4.67. The van der Waals surface area contributed by atoms with Crippen molar-refractivity contribution in [3.8, 4) is 0 Å². The Morgan fingerprint density at radius 1 is 1.37 bits per heavy atom. The van der Waals surface area contributed by atoms with Gasteiger partial charge in [-0.3, -0.25) is 0 Å². The molecule has 1 atom stereocenters. The van der Waals surface area contributed by atoms with Crippen LogP contribution in [0.1, 0.15) is 24.5 Å². The third-order valence-electron chi connectivity index (χ3n) is 3.27. The maximum absolute atomic E-state index is 13.1. The first-order valence-corrected chi connectivity index (χ1v) is 5.99. The van der Waals surface area contributed by atoms with E-state index in [1.165, 1.54) is 6.07 Å². The van der Waals surface area contributed by atoms with E-state index in [0.29, 0.717) is 18.8 Å². The zero-order chi connectivity index (χ0) is 14.1. The highest BCUT2D eigenvalue weighted by atomic mass is 19.4. The first kappa shape index (κ1) is 14.3. The summed E-state index contributed by atoms with van der Waals surface area (Å²) in [5.74, 6) is -1.24. The summed E-state index contributed by atoms with van der Waals surface area (Å²) in [5, 5.41) is 3.16.